The molecule has 1 nitrogen and oxygen atoms in total. The molecule has 3 heteroatoms. The molecule has 0 saturated heterocycles. The SMILES string of the molecule is CS(C)=O.[B]. The summed E-state index contributed by atoms with van der Waals surface area (Å²) in [5.74, 6) is 0. The van der Waals surface area contributed by atoms with Gasteiger partial charge in [-0.05, 0) is 0 Å². The van der Waals surface area contributed by atoms with Crippen LogP contribution in [0.4, 0.5) is 0 Å². The van der Waals surface area contributed by atoms with E-state index in [0.717, 1.165) is 0 Å². The Balaban J connectivity index is 0. The number of hydrogen-bond donors (Lipinski definition) is 0. The molecule has 0 saturated carbocycles. The summed E-state index contributed by atoms with van der Waals surface area (Å²) in [5.41, 5.74) is 0. The molecule has 0 N–H and O–H groups in total. The summed E-state index contributed by atoms with van der Waals surface area (Å²) < 4.78 is 9.56. The van der Waals surface area contributed by atoms with Gasteiger partial charge in [-0.3, -0.25) is 4.21 Å². The lowest BCUT2D eigenvalue weighted by Gasteiger charge is -1.60. The van der Waals surface area contributed by atoms with Gasteiger partial charge in [-0.25, -0.2) is 0 Å². The maximum absolute atomic E-state index is 9.56. The molecule has 0 aromatic carbocycles. The van der Waals surface area contributed by atoms with Crippen LogP contribution >= 0.6 is 0 Å². The molecule has 0 spiro atoms. The Kier molecular flexibility index (Phi) is 7.56. The van der Waals surface area contributed by atoms with Crippen molar-refractivity contribution in [1.82, 2.24) is 0 Å². The summed E-state index contributed by atoms with van der Waals surface area (Å²) in [6.45, 7) is 0. The van der Waals surface area contributed by atoms with Crippen LogP contribution in [0.2, 0.25) is 0 Å². The van der Waals surface area contributed by atoms with Gasteiger partial charge in [0.2, 0.25) is 0 Å². The van der Waals surface area contributed by atoms with E-state index >= 15 is 0 Å². The van der Waals surface area contributed by atoms with E-state index in [-0.39, 0.29) is 8.41 Å². The molecule has 0 heterocycles. The molecule has 0 aromatic rings. The fourth-order valence-corrected chi connectivity index (χ4v) is 0. The zero-order valence-electron chi connectivity index (χ0n) is 3.39. The van der Waals surface area contributed by atoms with Gasteiger partial charge in [0.15, 0.2) is 0 Å². The highest BCUT2D eigenvalue weighted by atomic mass is 32.2. The Morgan fingerprint density at radius 1 is 1.40 bits per heavy atom. The van der Waals surface area contributed by atoms with Crippen molar-refractivity contribution in [2.45, 2.75) is 0 Å². The summed E-state index contributed by atoms with van der Waals surface area (Å²) in [5, 5.41) is 0. The lowest BCUT2D eigenvalue weighted by molar-refractivity contribution is 0.690. The highest BCUT2D eigenvalue weighted by molar-refractivity contribution is 7.83. The third-order valence-electron chi connectivity index (χ3n) is 0. The molecule has 0 aliphatic heterocycles. The number of hydrogen-bond acceptors (Lipinski definition) is 1. The lowest BCUT2D eigenvalue weighted by Crippen LogP contribution is -1.70. The van der Waals surface area contributed by atoms with E-state index in [2.05, 4.69) is 0 Å². The molecule has 0 aromatic heterocycles. The minimum Gasteiger partial charge on any atom is -0.260 e. The van der Waals surface area contributed by atoms with Crippen LogP contribution in [-0.4, -0.2) is 25.1 Å². The smallest absolute Gasteiger partial charge is 0.0148 e. The highest BCUT2D eigenvalue weighted by Gasteiger charge is 1.57. The zero-order chi connectivity index (χ0) is 3.58. The second-order valence-electron chi connectivity index (χ2n) is 0.742. The molecule has 0 amide bonds. The van der Waals surface area contributed by atoms with Crippen LogP contribution in [0.3, 0.4) is 0 Å². The Morgan fingerprint density at radius 3 is 1.40 bits per heavy atom. The molecule has 0 bridgehead atoms. The Hall–Kier alpha value is 0.215. The molecule has 5 heavy (non-hydrogen) atoms. The van der Waals surface area contributed by atoms with E-state index in [4.69, 9.17) is 0 Å². The van der Waals surface area contributed by atoms with Gasteiger partial charge in [0, 0.05) is 31.7 Å². The van der Waals surface area contributed by atoms with Gasteiger partial charge in [0.25, 0.3) is 0 Å². The minimum absolute atomic E-state index is 0. The molecule has 29 valence electrons. The molecule has 0 unspecified atom stereocenters. The van der Waals surface area contributed by atoms with Gasteiger partial charge in [-0.1, -0.05) is 0 Å². The van der Waals surface area contributed by atoms with Crippen LogP contribution in [0.1, 0.15) is 0 Å². The average molecular weight is 88.9 g/mol. The maximum atomic E-state index is 9.56. The van der Waals surface area contributed by atoms with Crippen molar-refractivity contribution in [3.05, 3.63) is 0 Å². The first-order valence-electron chi connectivity index (χ1n) is 0.983. The molecular formula is C2H6BOS. The van der Waals surface area contributed by atoms with Crippen LogP contribution in [0.15, 0.2) is 0 Å². The van der Waals surface area contributed by atoms with E-state index in [1.54, 1.807) is 12.5 Å². The monoisotopic (exact) mass is 89.0 g/mol. The van der Waals surface area contributed by atoms with Crippen molar-refractivity contribution in [3.63, 3.8) is 0 Å². The fraction of sp³-hybridized carbons (Fsp3) is 1.00. The van der Waals surface area contributed by atoms with Crippen LogP contribution in [0, 0.1) is 0 Å². The summed E-state index contributed by atoms with van der Waals surface area (Å²) >= 11 is 0. The van der Waals surface area contributed by atoms with Crippen LogP contribution < -0.4 is 0 Å². The second-order valence-corrected chi connectivity index (χ2v) is 2.22. The van der Waals surface area contributed by atoms with Crippen molar-refractivity contribution < 1.29 is 4.21 Å². The zero-order valence-corrected chi connectivity index (χ0v) is 4.21. The molecule has 0 rings (SSSR count). The van der Waals surface area contributed by atoms with Gasteiger partial charge >= 0.3 is 0 Å². The van der Waals surface area contributed by atoms with Gasteiger partial charge in [0.05, 0.1) is 0 Å². The first kappa shape index (κ1) is 8.96. The van der Waals surface area contributed by atoms with E-state index in [9.17, 15) is 4.21 Å². The normalized spacial score (nSPS) is 7.00. The summed E-state index contributed by atoms with van der Waals surface area (Å²) in [6, 6.07) is 0. The molecule has 3 radical (unpaired) electrons. The Morgan fingerprint density at radius 2 is 1.40 bits per heavy atom. The van der Waals surface area contributed by atoms with Crippen LogP contribution in [0.5, 0.6) is 0 Å². The van der Waals surface area contributed by atoms with Crippen LogP contribution in [0.25, 0.3) is 0 Å². The van der Waals surface area contributed by atoms with Gasteiger partial charge < -0.3 is 0 Å². The van der Waals surface area contributed by atoms with Crippen LogP contribution in [-0.2, 0) is 10.8 Å². The van der Waals surface area contributed by atoms with E-state index in [1.807, 2.05) is 0 Å². The second kappa shape index (κ2) is 4.21. The van der Waals surface area contributed by atoms with Crippen molar-refractivity contribution in [2.24, 2.45) is 0 Å². The van der Waals surface area contributed by atoms with Crippen molar-refractivity contribution in [3.8, 4) is 0 Å². The van der Waals surface area contributed by atoms with Gasteiger partial charge in [0.1, 0.15) is 0 Å². The maximum Gasteiger partial charge on any atom is 0.0148 e. The fourth-order valence-electron chi connectivity index (χ4n) is 0. The molecular weight excluding hydrogens is 82.9 g/mol. The van der Waals surface area contributed by atoms with Crippen molar-refractivity contribution >= 4 is 19.2 Å². The van der Waals surface area contributed by atoms with Crippen molar-refractivity contribution in [2.75, 3.05) is 12.5 Å². The third-order valence-corrected chi connectivity index (χ3v) is 0. The topological polar surface area (TPSA) is 17.1 Å². The highest BCUT2D eigenvalue weighted by Crippen LogP contribution is 1.47. The van der Waals surface area contributed by atoms with Crippen molar-refractivity contribution in [1.29, 1.82) is 0 Å². The van der Waals surface area contributed by atoms with E-state index in [1.165, 1.54) is 0 Å². The molecule has 0 atom stereocenters. The molecule has 0 aliphatic rings. The number of rotatable bonds is 0. The lowest BCUT2D eigenvalue weighted by atomic mass is 10.8. The standard InChI is InChI=1S/C2H6OS.B/c1-4(2)3;/h1-2H3;. The van der Waals surface area contributed by atoms with Gasteiger partial charge in [-0.2, -0.15) is 0 Å². The van der Waals surface area contributed by atoms with E-state index < -0.39 is 10.8 Å². The van der Waals surface area contributed by atoms with E-state index in [0.29, 0.717) is 0 Å². The third kappa shape index (κ3) is 448. The first-order valence-corrected chi connectivity index (χ1v) is 2.95. The van der Waals surface area contributed by atoms with Gasteiger partial charge in [-0.15, -0.1) is 0 Å². The Labute approximate surface area is 36.8 Å². The quantitative estimate of drug-likeness (QED) is 0.369. The minimum atomic E-state index is -0.611. The average Bonchev–Trinajstić information content (AvgIpc) is 0.811. The first-order chi connectivity index (χ1) is 1.73. The molecule has 0 fully saturated rings. The summed E-state index contributed by atoms with van der Waals surface area (Å²) in [6.07, 6.45) is 3.28. The predicted octanol–water partition coefficient (Wildman–Crippen LogP) is -0.386. The predicted molar refractivity (Wildman–Crippen MR) is 25.7 cm³/mol. The Bertz CT molecular complexity index is 32.6. The molecule has 0 aliphatic carbocycles. The summed E-state index contributed by atoms with van der Waals surface area (Å²) in [4.78, 5) is 0. The largest absolute Gasteiger partial charge is 0.260 e. The summed E-state index contributed by atoms with van der Waals surface area (Å²) in [7, 11) is -0.611.